The van der Waals surface area contributed by atoms with E-state index in [9.17, 15) is 22.5 Å². The molecule has 1 aromatic heterocycles. The Kier molecular flexibility index (Phi) is 7.34. The molecule has 0 saturated carbocycles. The molecular formula is C19H13ClF3N3O3S2. The molecule has 0 aliphatic rings. The summed E-state index contributed by atoms with van der Waals surface area (Å²) in [6.45, 7) is 0. The van der Waals surface area contributed by atoms with Gasteiger partial charge in [0.2, 0.25) is 0 Å². The minimum atomic E-state index is -4.65. The van der Waals surface area contributed by atoms with Crippen LogP contribution in [0.15, 0.2) is 75.5 Å². The van der Waals surface area contributed by atoms with Crippen LogP contribution in [0.1, 0.15) is 16.1 Å². The summed E-state index contributed by atoms with van der Waals surface area (Å²) in [5, 5.41) is 8.21. The molecule has 0 fully saturated rings. The topological polar surface area (TPSA) is 97.3 Å². The lowest BCUT2D eigenvalue weighted by molar-refractivity contribution is -0.137. The molecule has 0 spiro atoms. The number of amides is 1. The maximum absolute atomic E-state index is 13.0. The van der Waals surface area contributed by atoms with Crippen LogP contribution in [0.4, 0.5) is 18.9 Å². The Labute approximate surface area is 187 Å². The Hall–Kier alpha value is -2.44. The molecule has 1 amide bonds. The first-order valence-electron chi connectivity index (χ1n) is 8.41. The Balaban J connectivity index is 1.69. The number of halogens is 4. The van der Waals surface area contributed by atoms with Crippen molar-refractivity contribution in [3.63, 3.8) is 0 Å². The van der Waals surface area contributed by atoms with Gasteiger partial charge < -0.3 is 4.55 Å². The fraction of sp³-hybridized carbons (Fsp3) is 0.0526. The highest BCUT2D eigenvalue weighted by atomic mass is 35.5. The average molecular weight is 488 g/mol. The van der Waals surface area contributed by atoms with Crippen molar-refractivity contribution in [1.29, 1.82) is 0 Å². The van der Waals surface area contributed by atoms with E-state index in [-0.39, 0.29) is 10.6 Å². The number of anilines is 1. The maximum atomic E-state index is 13.0. The minimum Gasteiger partial charge on any atom is -0.588 e. The lowest BCUT2D eigenvalue weighted by Gasteiger charge is -2.14. The highest BCUT2D eigenvalue weighted by Crippen LogP contribution is 2.36. The lowest BCUT2D eigenvalue weighted by atomic mass is 10.2. The summed E-state index contributed by atoms with van der Waals surface area (Å²) >= 11 is 4.97. The molecule has 31 heavy (non-hydrogen) atoms. The van der Waals surface area contributed by atoms with E-state index in [0.29, 0.717) is 10.6 Å². The second kappa shape index (κ2) is 9.79. The van der Waals surface area contributed by atoms with Crippen molar-refractivity contribution in [2.75, 3.05) is 4.72 Å². The highest BCUT2D eigenvalue weighted by Gasteiger charge is 2.34. The summed E-state index contributed by atoms with van der Waals surface area (Å²) < 4.78 is 54.0. The number of aromatic nitrogens is 1. The Bertz CT molecular complexity index is 1080. The zero-order valence-corrected chi connectivity index (χ0v) is 17.7. The molecule has 3 aromatic rings. The van der Waals surface area contributed by atoms with Gasteiger partial charge in [-0.25, -0.2) is 10.2 Å². The van der Waals surface area contributed by atoms with Crippen LogP contribution in [0.2, 0.25) is 5.02 Å². The van der Waals surface area contributed by atoms with Crippen LogP contribution in [0.3, 0.4) is 0 Å². The second-order valence-electron chi connectivity index (χ2n) is 5.95. The minimum absolute atomic E-state index is 0.0439. The summed E-state index contributed by atoms with van der Waals surface area (Å²) in [6.07, 6.45) is -3.23. The predicted molar refractivity (Wildman–Crippen MR) is 111 cm³/mol. The molecule has 1 atom stereocenters. The molecule has 12 heteroatoms. The molecule has 0 bridgehead atoms. The monoisotopic (exact) mass is 487 g/mol. The fourth-order valence-corrected chi connectivity index (χ4v) is 4.34. The average Bonchev–Trinajstić information content (AvgIpc) is 2.74. The van der Waals surface area contributed by atoms with Crippen LogP contribution in [-0.2, 0) is 17.5 Å². The number of pyridine rings is 1. The molecule has 0 saturated heterocycles. The van der Waals surface area contributed by atoms with Crippen LogP contribution in [0.25, 0.3) is 0 Å². The van der Waals surface area contributed by atoms with Crippen molar-refractivity contribution in [1.82, 2.24) is 10.5 Å². The molecule has 3 rings (SSSR count). The van der Waals surface area contributed by atoms with Gasteiger partial charge in [0.15, 0.2) is 4.90 Å². The van der Waals surface area contributed by atoms with E-state index in [2.05, 4.69) is 9.71 Å². The Morgan fingerprint density at radius 1 is 1.10 bits per heavy atom. The van der Waals surface area contributed by atoms with Crippen LogP contribution in [0.5, 0.6) is 0 Å². The number of carbonyl (C=O) groups excluding carboxylic acids is 1. The Morgan fingerprint density at radius 3 is 2.45 bits per heavy atom. The van der Waals surface area contributed by atoms with Crippen LogP contribution in [-0.4, -0.2) is 20.7 Å². The number of hydroxylamine groups is 1. The van der Waals surface area contributed by atoms with Crippen molar-refractivity contribution in [2.24, 2.45) is 0 Å². The largest absolute Gasteiger partial charge is 0.588 e. The molecule has 1 unspecified atom stereocenters. The molecule has 162 valence electrons. The summed E-state index contributed by atoms with van der Waals surface area (Å²) in [6, 6.07) is 12.9. The van der Waals surface area contributed by atoms with Crippen molar-refractivity contribution in [3.8, 4) is 0 Å². The SMILES string of the molecule is O=C(NO)c1cc(Sc2ccc(N[S+]([O-])c3ccc(Cl)c(C(F)(F)F)c3)cc2)ccn1. The van der Waals surface area contributed by atoms with Gasteiger partial charge >= 0.3 is 6.18 Å². The van der Waals surface area contributed by atoms with Gasteiger partial charge in [-0.3, -0.25) is 15.0 Å². The van der Waals surface area contributed by atoms with E-state index in [1.165, 1.54) is 35.6 Å². The molecule has 0 aliphatic carbocycles. The van der Waals surface area contributed by atoms with Crippen LogP contribution < -0.4 is 10.2 Å². The van der Waals surface area contributed by atoms with E-state index in [1.807, 2.05) is 0 Å². The third kappa shape index (κ3) is 6.05. The van der Waals surface area contributed by atoms with Gasteiger partial charge in [0.1, 0.15) is 17.1 Å². The normalized spacial score (nSPS) is 12.3. The summed E-state index contributed by atoms with van der Waals surface area (Å²) in [7, 11) is 0. The number of alkyl halides is 3. The highest BCUT2D eigenvalue weighted by molar-refractivity contribution is 7.99. The van der Waals surface area contributed by atoms with Gasteiger partial charge in [-0.1, -0.05) is 23.4 Å². The molecule has 2 aromatic carbocycles. The number of rotatable bonds is 6. The van der Waals surface area contributed by atoms with E-state index in [1.54, 1.807) is 30.3 Å². The number of benzene rings is 2. The maximum Gasteiger partial charge on any atom is 0.418 e. The molecule has 3 N–H and O–H groups in total. The van der Waals surface area contributed by atoms with E-state index in [0.717, 1.165) is 17.0 Å². The summed E-state index contributed by atoms with van der Waals surface area (Å²) in [5.74, 6) is -0.736. The molecular weight excluding hydrogens is 475 g/mol. The van der Waals surface area contributed by atoms with Crippen LogP contribution >= 0.6 is 23.4 Å². The molecule has 1 heterocycles. The predicted octanol–water partition coefficient (Wildman–Crippen LogP) is 5.16. The van der Waals surface area contributed by atoms with Crippen molar-refractivity contribution in [3.05, 3.63) is 77.1 Å². The van der Waals surface area contributed by atoms with E-state index < -0.39 is 34.0 Å². The van der Waals surface area contributed by atoms with E-state index >= 15 is 0 Å². The second-order valence-corrected chi connectivity index (χ2v) is 8.72. The Morgan fingerprint density at radius 2 is 1.81 bits per heavy atom. The fourth-order valence-electron chi connectivity index (χ4n) is 2.39. The zero-order valence-electron chi connectivity index (χ0n) is 15.3. The van der Waals surface area contributed by atoms with Gasteiger partial charge in [0, 0.05) is 22.1 Å². The van der Waals surface area contributed by atoms with Gasteiger partial charge in [-0.2, -0.15) is 13.2 Å². The van der Waals surface area contributed by atoms with E-state index in [4.69, 9.17) is 16.8 Å². The standard InChI is InChI=1S/C19H13ClF3N3O3S2/c20-16-6-5-14(10-15(16)19(21,22)23)31(29)26-11-1-3-12(4-2-11)30-13-7-8-24-17(9-13)18(27)25-28/h1-10,26,28H,(H,25,27). The van der Waals surface area contributed by atoms with Gasteiger partial charge in [-0.15, -0.1) is 0 Å². The number of hydrogen-bond acceptors (Lipinski definition) is 6. The number of carbonyl (C=O) groups is 1. The number of nitrogens with one attached hydrogen (secondary N) is 2. The van der Waals surface area contributed by atoms with Gasteiger partial charge in [0.25, 0.3) is 5.91 Å². The quantitative estimate of drug-likeness (QED) is 0.252. The summed E-state index contributed by atoms with van der Waals surface area (Å²) in [4.78, 5) is 16.7. The summed E-state index contributed by atoms with van der Waals surface area (Å²) in [5.41, 5.74) is 0.929. The van der Waals surface area contributed by atoms with Gasteiger partial charge in [-0.05, 0) is 48.5 Å². The van der Waals surface area contributed by atoms with Crippen molar-refractivity contribution >= 4 is 46.3 Å². The van der Waals surface area contributed by atoms with Crippen molar-refractivity contribution in [2.45, 2.75) is 20.9 Å². The smallest absolute Gasteiger partial charge is 0.418 e. The molecule has 0 radical (unpaired) electrons. The third-order valence-electron chi connectivity index (χ3n) is 3.82. The number of hydrogen-bond donors (Lipinski definition) is 3. The molecule has 0 aliphatic heterocycles. The van der Waals surface area contributed by atoms with Gasteiger partial charge in [0.05, 0.1) is 16.3 Å². The first-order valence-corrected chi connectivity index (χ1v) is 10.8. The molecule has 6 nitrogen and oxygen atoms in total. The number of nitrogens with zero attached hydrogens (tertiary/aromatic N) is 1. The first kappa shape index (κ1) is 23.2. The first-order chi connectivity index (χ1) is 14.7. The zero-order chi connectivity index (χ0) is 22.6. The third-order valence-corrected chi connectivity index (χ3v) is 6.25. The van der Waals surface area contributed by atoms with Crippen LogP contribution in [0, 0.1) is 0 Å². The van der Waals surface area contributed by atoms with Crippen molar-refractivity contribution < 1.29 is 27.7 Å². The lowest BCUT2D eigenvalue weighted by Crippen LogP contribution is -2.19.